The van der Waals surface area contributed by atoms with Crippen LogP contribution in [0.5, 0.6) is 0 Å². The van der Waals surface area contributed by atoms with Gasteiger partial charge in [0.2, 0.25) is 5.91 Å². The third kappa shape index (κ3) is 5.71. The summed E-state index contributed by atoms with van der Waals surface area (Å²) in [5.41, 5.74) is 1.16. The number of carbonyl (C=O) groups is 3. The Kier molecular flexibility index (Phi) is 8.93. The molecule has 8 nitrogen and oxygen atoms in total. The van der Waals surface area contributed by atoms with Crippen LogP contribution in [0.15, 0.2) is 34.5 Å². The van der Waals surface area contributed by atoms with Crippen molar-refractivity contribution in [3.63, 3.8) is 0 Å². The Hall–Kier alpha value is -2.42. The highest BCUT2D eigenvalue weighted by Gasteiger charge is 2.45. The number of methoxy groups -OCH3 is 2. The molecule has 2 heterocycles. The molecule has 2 aliphatic heterocycles. The molecule has 1 aliphatic carbocycles. The minimum atomic E-state index is -0.953. The fraction of sp³-hybridized carbons (Fsp3) is 0.556. The summed E-state index contributed by atoms with van der Waals surface area (Å²) in [5, 5.41) is 0.576. The van der Waals surface area contributed by atoms with E-state index >= 15 is 0 Å². The summed E-state index contributed by atoms with van der Waals surface area (Å²) in [7, 11) is 2.52. The van der Waals surface area contributed by atoms with Gasteiger partial charge in [0.05, 0.1) is 31.9 Å². The van der Waals surface area contributed by atoms with Gasteiger partial charge in [-0.25, -0.2) is 4.79 Å². The van der Waals surface area contributed by atoms with Gasteiger partial charge >= 0.3 is 11.9 Å². The zero-order valence-corrected chi connectivity index (χ0v) is 23.0. The van der Waals surface area contributed by atoms with E-state index in [-0.39, 0.29) is 33.6 Å². The predicted octanol–water partition coefficient (Wildman–Crippen LogP) is 4.24. The van der Waals surface area contributed by atoms with E-state index in [1.165, 1.54) is 39.9 Å². The van der Waals surface area contributed by atoms with E-state index < -0.39 is 23.8 Å². The Morgan fingerprint density at radius 1 is 1.00 bits per heavy atom. The molecule has 1 amide bonds. The zero-order chi connectivity index (χ0) is 26.7. The van der Waals surface area contributed by atoms with Crippen molar-refractivity contribution in [2.24, 2.45) is 10.9 Å². The molecule has 10 heteroatoms. The third-order valence-corrected chi connectivity index (χ3v) is 8.37. The summed E-state index contributed by atoms with van der Waals surface area (Å²) < 4.78 is 10.2. The molecule has 3 aliphatic rings. The van der Waals surface area contributed by atoms with Gasteiger partial charge in [0.1, 0.15) is 5.92 Å². The molecular weight excluding hydrogens is 517 g/mol. The van der Waals surface area contributed by atoms with Crippen molar-refractivity contribution in [1.82, 2.24) is 9.80 Å². The maximum Gasteiger partial charge on any atom is 0.336 e. The topological polar surface area (TPSA) is 88.5 Å². The van der Waals surface area contributed by atoms with Gasteiger partial charge in [-0.05, 0) is 37.5 Å². The maximum atomic E-state index is 13.4. The minimum absolute atomic E-state index is 0.0939. The van der Waals surface area contributed by atoms with E-state index in [9.17, 15) is 14.4 Å². The van der Waals surface area contributed by atoms with Crippen LogP contribution in [0.25, 0.3) is 0 Å². The number of amides is 1. The molecule has 200 valence electrons. The van der Waals surface area contributed by atoms with Gasteiger partial charge in [0, 0.05) is 53.9 Å². The minimum Gasteiger partial charge on any atom is -0.468 e. The molecule has 4 rings (SSSR count). The standard InChI is InChI=1S/C27H33Cl2N3O5/c1-16-22(26(34)36-2)25(23-18(28)9-6-10-19(23)29)24(27(35)37-3)20(30-16)15-21(33)32-13-11-31(12-14-32)17-7-4-5-8-17/h6,9-10,17,22,25H,4-5,7-8,11-15H2,1-3H3. The molecule has 0 spiro atoms. The quantitative estimate of drug-likeness (QED) is 0.493. The average molecular weight is 550 g/mol. The second-order valence-electron chi connectivity index (χ2n) is 9.75. The zero-order valence-electron chi connectivity index (χ0n) is 21.5. The normalized spacial score (nSPS) is 23.2. The first kappa shape index (κ1) is 27.6. The molecule has 37 heavy (non-hydrogen) atoms. The Balaban J connectivity index is 1.67. The Labute approximate surface area is 227 Å². The maximum absolute atomic E-state index is 13.4. The molecule has 0 aromatic heterocycles. The van der Waals surface area contributed by atoms with Gasteiger partial charge in [-0.2, -0.15) is 0 Å². The fourth-order valence-corrected chi connectivity index (χ4v) is 6.47. The fourth-order valence-electron chi connectivity index (χ4n) is 5.83. The molecule has 1 aromatic carbocycles. The highest BCUT2D eigenvalue weighted by atomic mass is 35.5. The van der Waals surface area contributed by atoms with Crippen molar-refractivity contribution in [3.05, 3.63) is 45.1 Å². The number of piperazine rings is 1. The van der Waals surface area contributed by atoms with Crippen LogP contribution in [-0.2, 0) is 23.9 Å². The van der Waals surface area contributed by atoms with E-state index in [1.54, 1.807) is 25.1 Å². The van der Waals surface area contributed by atoms with Gasteiger partial charge in [-0.1, -0.05) is 42.1 Å². The van der Waals surface area contributed by atoms with Crippen LogP contribution in [0, 0.1) is 5.92 Å². The lowest BCUT2D eigenvalue weighted by Crippen LogP contribution is -2.51. The molecule has 2 atom stereocenters. The molecule has 0 bridgehead atoms. The number of hydrogen-bond donors (Lipinski definition) is 0. The first-order chi connectivity index (χ1) is 17.8. The summed E-state index contributed by atoms with van der Waals surface area (Å²) in [5.74, 6) is -3.28. The van der Waals surface area contributed by atoms with E-state index in [1.807, 2.05) is 4.90 Å². The van der Waals surface area contributed by atoms with Crippen molar-refractivity contribution in [2.75, 3.05) is 40.4 Å². The number of rotatable bonds is 6. The Morgan fingerprint density at radius 2 is 1.62 bits per heavy atom. The lowest BCUT2D eigenvalue weighted by atomic mass is 9.75. The lowest BCUT2D eigenvalue weighted by Gasteiger charge is -2.38. The monoisotopic (exact) mass is 549 g/mol. The second-order valence-corrected chi connectivity index (χ2v) is 10.6. The van der Waals surface area contributed by atoms with Gasteiger partial charge in [-0.3, -0.25) is 19.5 Å². The number of halogens is 2. The van der Waals surface area contributed by atoms with Crippen LogP contribution in [0.2, 0.25) is 10.0 Å². The largest absolute Gasteiger partial charge is 0.468 e. The van der Waals surface area contributed by atoms with E-state index in [2.05, 4.69) is 9.89 Å². The van der Waals surface area contributed by atoms with Crippen molar-refractivity contribution < 1.29 is 23.9 Å². The average Bonchev–Trinajstić information content (AvgIpc) is 3.43. The van der Waals surface area contributed by atoms with Gasteiger partial charge < -0.3 is 14.4 Å². The number of esters is 2. The van der Waals surface area contributed by atoms with Gasteiger partial charge in [0.25, 0.3) is 0 Å². The molecule has 1 saturated heterocycles. The molecule has 2 fully saturated rings. The number of nitrogens with zero attached hydrogens (tertiary/aromatic N) is 3. The molecule has 0 radical (unpaired) electrons. The van der Waals surface area contributed by atoms with E-state index in [0.717, 1.165) is 13.1 Å². The number of ether oxygens (including phenoxy) is 2. The van der Waals surface area contributed by atoms with Crippen LogP contribution in [0.3, 0.4) is 0 Å². The van der Waals surface area contributed by atoms with Crippen molar-refractivity contribution in [1.29, 1.82) is 0 Å². The first-order valence-electron chi connectivity index (χ1n) is 12.7. The smallest absolute Gasteiger partial charge is 0.336 e. The molecular formula is C27H33Cl2N3O5. The van der Waals surface area contributed by atoms with Crippen LogP contribution in [0.1, 0.15) is 50.5 Å². The Morgan fingerprint density at radius 3 is 2.19 bits per heavy atom. The molecule has 1 saturated carbocycles. The van der Waals surface area contributed by atoms with Crippen molar-refractivity contribution >= 4 is 46.8 Å². The van der Waals surface area contributed by atoms with Crippen molar-refractivity contribution in [2.45, 2.75) is 51.0 Å². The van der Waals surface area contributed by atoms with Crippen molar-refractivity contribution in [3.8, 4) is 0 Å². The highest BCUT2D eigenvalue weighted by molar-refractivity contribution is 6.36. The SMILES string of the molecule is COC(=O)C1=C(CC(=O)N2CCN(C3CCCC3)CC2)N=C(C)C(C(=O)OC)C1c1c(Cl)cccc1Cl. The van der Waals surface area contributed by atoms with Crippen LogP contribution in [-0.4, -0.2) is 79.8 Å². The van der Waals surface area contributed by atoms with Gasteiger partial charge in [-0.15, -0.1) is 0 Å². The van der Waals surface area contributed by atoms with Crippen LogP contribution in [0.4, 0.5) is 0 Å². The van der Waals surface area contributed by atoms with E-state index in [0.29, 0.717) is 30.4 Å². The van der Waals surface area contributed by atoms with Crippen LogP contribution >= 0.6 is 23.2 Å². The summed E-state index contributed by atoms with van der Waals surface area (Å²) >= 11 is 13.1. The first-order valence-corrected chi connectivity index (χ1v) is 13.4. The summed E-state index contributed by atoms with van der Waals surface area (Å²) in [6, 6.07) is 5.58. The number of aliphatic imine (C=N–C) groups is 1. The number of hydrogen-bond acceptors (Lipinski definition) is 7. The predicted molar refractivity (Wildman–Crippen MR) is 142 cm³/mol. The highest BCUT2D eigenvalue weighted by Crippen LogP contribution is 2.46. The summed E-state index contributed by atoms with van der Waals surface area (Å²) in [6.45, 7) is 4.61. The number of benzene rings is 1. The summed E-state index contributed by atoms with van der Waals surface area (Å²) in [4.78, 5) is 48.4. The molecule has 2 unspecified atom stereocenters. The molecule has 1 aromatic rings. The second kappa shape index (κ2) is 12.0. The molecule has 0 N–H and O–H groups in total. The van der Waals surface area contributed by atoms with Crippen LogP contribution < -0.4 is 0 Å². The third-order valence-electron chi connectivity index (χ3n) is 7.71. The summed E-state index contributed by atoms with van der Waals surface area (Å²) in [6.07, 6.45) is 4.90. The number of carbonyl (C=O) groups excluding carboxylic acids is 3. The lowest BCUT2D eigenvalue weighted by molar-refractivity contribution is -0.143. The van der Waals surface area contributed by atoms with E-state index in [4.69, 9.17) is 32.7 Å². The van der Waals surface area contributed by atoms with Gasteiger partial charge in [0.15, 0.2) is 0 Å². The Bertz CT molecular complexity index is 1100.